The maximum absolute atomic E-state index is 11.5. The molecule has 96 valence electrons. The minimum atomic E-state index is -0.512. The van der Waals surface area contributed by atoms with E-state index in [0.29, 0.717) is 18.0 Å². The molecule has 18 heavy (non-hydrogen) atoms. The number of ether oxygens (including phenoxy) is 1. The van der Waals surface area contributed by atoms with E-state index >= 15 is 0 Å². The Morgan fingerprint density at radius 2 is 2.39 bits per heavy atom. The van der Waals surface area contributed by atoms with Crippen molar-refractivity contribution < 1.29 is 14.1 Å². The van der Waals surface area contributed by atoms with Crippen LogP contribution in [0.4, 0.5) is 10.6 Å². The number of carbonyl (C=O) groups is 1. The van der Waals surface area contributed by atoms with Crippen LogP contribution in [0.3, 0.4) is 0 Å². The van der Waals surface area contributed by atoms with E-state index < -0.39 is 6.09 Å². The third-order valence-corrected chi connectivity index (χ3v) is 2.88. The average Bonchev–Trinajstić information content (AvgIpc) is 2.72. The Bertz CT molecular complexity index is 553. The summed E-state index contributed by atoms with van der Waals surface area (Å²) in [4.78, 5) is 11.5. The van der Waals surface area contributed by atoms with Crippen molar-refractivity contribution in [1.29, 1.82) is 0 Å². The molecular weight excluding hydrogens is 300 g/mol. The zero-order valence-corrected chi connectivity index (χ0v) is 11.5. The summed E-state index contributed by atoms with van der Waals surface area (Å²) < 4.78 is 11.0. The second-order valence-corrected chi connectivity index (χ2v) is 4.70. The van der Waals surface area contributed by atoms with Crippen LogP contribution in [-0.4, -0.2) is 17.9 Å². The third-order valence-electron chi connectivity index (χ3n) is 2.39. The highest BCUT2D eigenvalue weighted by Crippen LogP contribution is 2.25. The van der Waals surface area contributed by atoms with Gasteiger partial charge in [0.05, 0.1) is 12.0 Å². The number of nitrogens with one attached hydrogen (secondary N) is 1. The summed E-state index contributed by atoms with van der Waals surface area (Å²) in [6.45, 7) is 2.44. The number of aromatic nitrogens is 1. The fourth-order valence-electron chi connectivity index (χ4n) is 1.44. The van der Waals surface area contributed by atoms with Gasteiger partial charge in [-0.25, -0.2) is 4.79 Å². The Kier molecular flexibility index (Phi) is 4.19. The number of rotatable bonds is 4. The molecule has 0 saturated carbocycles. The van der Waals surface area contributed by atoms with Gasteiger partial charge in [0, 0.05) is 4.47 Å². The number of amides is 1. The number of anilines is 1. The summed E-state index contributed by atoms with van der Waals surface area (Å²) in [5.74, 6) is 0.374. The maximum atomic E-state index is 11.5. The monoisotopic (exact) mass is 312 g/mol. The molecule has 6 heteroatoms. The highest BCUT2D eigenvalue weighted by atomic mass is 79.9. The second kappa shape index (κ2) is 5.86. The molecule has 1 N–H and O–H groups in total. The number of hydrogen-bond donors (Lipinski definition) is 1. The number of nitrogens with zero attached hydrogens (tertiary/aromatic N) is 1. The van der Waals surface area contributed by atoms with E-state index in [9.17, 15) is 4.79 Å². The Labute approximate surface area is 113 Å². The molecule has 0 unspecified atom stereocenters. The van der Waals surface area contributed by atoms with Crippen LogP contribution in [-0.2, 0) is 4.74 Å². The molecule has 0 aliphatic heterocycles. The van der Waals surface area contributed by atoms with Gasteiger partial charge in [-0.05, 0) is 24.6 Å². The SMILES string of the molecule is CCCCOC(=O)Nc1noc2cc(Br)ccc12. The lowest BCUT2D eigenvalue weighted by Crippen LogP contribution is -2.14. The maximum Gasteiger partial charge on any atom is 0.412 e. The highest BCUT2D eigenvalue weighted by Gasteiger charge is 2.11. The molecule has 1 aromatic carbocycles. The lowest BCUT2D eigenvalue weighted by atomic mass is 10.2. The van der Waals surface area contributed by atoms with Crippen molar-refractivity contribution in [3.8, 4) is 0 Å². The number of halogens is 1. The average molecular weight is 313 g/mol. The summed E-state index contributed by atoms with van der Waals surface area (Å²) in [6.07, 6.45) is 1.32. The summed E-state index contributed by atoms with van der Waals surface area (Å²) in [5, 5.41) is 7.10. The number of fused-ring (bicyclic) bond motifs is 1. The number of carbonyl (C=O) groups excluding carboxylic acids is 1. The molecule has 0 saturated heterocycles. The van der Waals surface area contributed by atoms with Crippen LogP contribution in [0.1, 0.15) is 19.8 Å². The molecule has 0 spiro atoms. The van der Waals surface area contributed by atoms with E-state index in [1.54, 1.807) is 6.07 Å². The Balaban J connectivity index is 2.05. The van der Waals surface area contributed by atoms with E-state index in [1.165, 1.54) is 0 Å². The first-order chi connectivity index (χ1) is 8.70. The Morgan fingerprint density at radius 1 is 1.56 bits per heavy atom. The molecule has 0 radical (unpaired) electrons. The first-order valence-electron chi connectivity index (χ1n) is 5.69. The first kappa shape index (κ1) is 12.9. The predicted molar refractivity (Wildman–Crippen MR) is 71.6 cm³/mol. The highest BCUT2D eigenvalue weighted by molar-refractivity contribution is 9.10. The van der Waals surface area contributed by atoms with Crippen LogP contribution < -0.4 is 5.32 Å². The van der Waals surface area contributed by atoms with Crippen molar-refractivity contribution in [3.05, 3.63) is 22.7 Å². The molecule has 0 atom stereocenters. The lowest BCUT2D eigenvalue weighted by molar-refractivity contribution is 0.159. The van der Waals surface area contributed by atoms with Crippen LogP contribution in [0, 0.1) is 0 Å². The molecule has 2 rings (SSSR count). The van der Waals surface area contributed by atoms with Crippen LogP contribution >= 0.6 is 15.9 Å². The van der Waals surface area contributed by atoms with Crippen molar-refractivity contribution in [3.63, 3.8) is 0 Å². The normalized spacial score (nSPS) is 10.6. The molecule has 1 amide bonds. The van der Waals surface area contributed by atoms with E-state index in [0.717, 1.165) is 22.7 Å². The van der Waals surface area contributed by atoms with Gasteiger partial charge in [-0.1, -0.05) is 34.4 Å². The van der Waals surface area contributed by atoms with E-state index in [1.807, 2.05) is 19.1 Å². The smallest absolute Gasteiger partial charge is 0.412 e. The van der Waals surface area contributed by atoms with Crippen molar-refractivity contribution in [1.82, 2.24) is 5.16 Å². The van der Waals surface area contributed by atoms with Crippen LogP contribution in [0.2, 0.25) is 0 Å². The van der Waals surface area contributed by atoms with Gasteiger partial charge in [0.1, 0.15) is 0 Å². The van der Waals surface area contributed by atoms with Gasteiger partial charge in [-0.2, -0.15) is 0 Å². The van der Waals surface area contributed by atoms with E-state index in [4.69, 9.17) is 9.26 Å². The first-order valence-corrected chi connectivity index (χ1v) is 6.48. The van der Waals surface area contributed by atoms with Gasteiger partial charge in [0.15, 0.2) is 11.4 Å². The van der Waals surface area contributed by atoms with Crippen LogP contribution in [0.15, 0.2) is 27.2 Å². The molecule has 0 aliphatic carbocycles. The number of hydrogen-bond acceptors (Lipinski definition) is 4. The second-order valence-electron chi connectivity index (χ2n) is 3.79. The molecule has 0 bridgehead atoms. The van der Waals surface area contributed by atoms with Gasteiger partial charge in [-0.15, -0.1) is 0 Å². The van der Waals surface area contributed by atoms with E-state index in [2.05, 4.69) is 26.4 Å². The summed E-state index contributed by atoms with van der Waals surface area (Å²) >= 11 is 3.33. The lowest BCUT2D eigenvalue weighted by Gasteiger charge is -2.03. The van der Waals surface area contributed by atoms with Gasteiger partial charge < -0.3 is 9.26 Å². The Morgan fingerprint density at radius 3 is 3.17 bits per heavy atom. The third kappa shape index (κ3) is 3.01. The van der Waals surface area contributed by atoms with Crippen molar-refractivity contribution >= 4 is 38.8 Å². The topological polar surface area (TPSA) is 64.4 Å². The summed E-state index contributed by atoms with van der Waals surface area (Å²) in [7, 11) is 0. The summed E-state index contributed by atoms with van der Waals surface area (Å²) in [5.41, 5.74) is 0.605. The van der Waals surface area contributed by atoms with Gasteiger partial charge in [0.25, 0.3) is 0 Å². The predicted octanol–water partition coefficient (Wildman–Crippen LogP) is 3.94. The van der Waals surface area contributed by atoms with E-state index in [-0.39, 0.29) is 0 Å². The minimum absolute atomic E-state index is 0.374. The molecule has 1 aromatic heterocycles. The zero-order chi connectivity index (χ0) is 13.0. The minimum Gasteiger partial charge on any atom is -0.449 e. The van der Waals surface area contributed by atoms with Gasteiger partial charge in [0.2, 0.25) is 0 Å². The number of unbranched alkanes of at least 4 members (excludes halogenated alkanes) is 1. The number of benzene rings is 1. The van der Waals surface area contributed by atoms with Crippen LogP contribution in [0.25, 0.3) is 11.0 Å². The fraction of sp³-hybridized carbons (Fsp3) is 0.333. The summed E-state index contributed by atoms with van der Waals surface area (Å²) in [6, 6.07) is 5.46. The molecule has 2 aromatic rings. The van der Waals surface area contributed by atoms with Crippen LogP contribution in [0.5, 0.6) is 0 Å². The van der Waals surface area contributed by atoms with Crippen molar-refractivity contribution in [2.24, 2.45) is 0 Å². The largest absolute Gasteiger partial charge is 0.449 e. The standard InChI is InChI=1S/C12H13BrN2O3/c1-2-3-6-17-12(16)14-11-9-5-4-8(13)7-10(9)18-15-11/h4-5,7H,2-3,6H2,1H3,(H,14,15,16). The quantitative estimate of drug-likeness (QED) is 0.868. The Hall–Kier alpha value is -1.56. The van der Waals surface area contributed by atoms with Gasteiger partial charge >= 0.3 is 6.09 Å². The zero-order valence-electron chi connectivity index (χ0n) is 9.90. The van der Waals surface area contributed by atoms with Crippen molar-refractivity contribution in [2.45, 2.75) is 19.8 Å². The van der Waals surface area contributed by atoms with Gasteiger partial charge in [-0.3, -0.25) is 5.32 Å². The molecular formula is C12H13BrN2O3. The molecule has 1 heterocycles. The molecule has 5 nitrogen and oxygen atoms in total. The van der Waals surface area contributed by atoms with Crippen molar-refractivity contribution in [2.75, 3.05) is 11.9 Å². The molecule has 0 fully saturated rings. The fourth-order valence-corrected chi connectivity index (χ4v) is 1.78. The molecule has 0 aliphatic rings.